The number of carbonyl (C=O) groups excluding carboxylic acids is 1. The Morgan fingerprint density at radius 3 is 2.95 bits per heavy atom. The number of amides is 1. The topological polar surface area (TPSA) is 50.5 Å². The van der Waals surface area contributed by atoms with Gasteiger partial charge in [-0.1, -0.05) is 25.1 Å². The number of rotatable bonds is 2. The molecule has 1 saturated heterocycles. The number of nitrogens with zero attached hydrogens (tertiary/aromatic N) is 1. The molecule has 0 bridgehead atoms. The molecule has 0 N–H and O–H groups in total. The van der Waals surface area contributed by atoms with E-state index >= 15 is 0 Å². The molecule has 0 radical (unpaired) electrons. The van der Waals surface area contributed by atoms with E-state index in [4.69, 9.17) is 4.42 Å². The van der Waals surface area contributed by atoms with E-state index in [2.05, 4.69) is 6.92 Å². The number of likely N-dealkylation sites (tertiary alicyclic amines) is 1. The summed E-state index contributed by atoms with van der Waals surface area (Å²) in [6.45, 7) is 2.81. The summed E-state index contributed by atoms with van der Waals surface area (Å²) in [5, 5.41) is 0.783. The summed E-state index contributed by atoms with van der Waals surface area (Å²) < 4.78 is 5.27. The molecule has 3 rings (SSSR count). The molecule has 21 heavy (non-hydrogen) atoms. The fourth-order valence-corrected chi connectivity index (χ4v) is 3.06. The average Bonchev–Trinajstić information content (AvgIpc) is 2.53. The van der Waals surface area contributed by atoms with Crippen molar-refractivity contribution < 1.29 is 9.21 Å². The van der Waals surface area contributed by atoms with Crippen molar-refractivity contribution in [3.8, 4) is 0 Å². The molecule has 2 heterocycles. The summed E-state index contributed by atoms with van der Waals surface area (Å²) in [7, 11) is 0. The smallest absolute Gasteiger partial charge is 0.349 e. The number of carbonyl (C=O) groups is 1. The summed E-state index contributed by atoms with van der Waals surface area (Å²) in [6.07, 6.45) is 4.08. The maximum atomic E-state index is 12.7. The zero-order valence-corrected chi connectivity index (χ0v) is 12.2. The Labute approximate surface area is 123 Å². The number of para-hydroxylation sites is 1. The van der Waals surface area contributed by atoms with Gasteiger partial charge in [0, 0.05) is 18.0 Å². The largest absolute Gasteiger partial charge is 0.422 e. The highest BCUT2D eigenvalue weighted by atomic mass is 16.4. The summed E-state index contributed by atoms with van der Waals surface area (Å²) in [5.74, 6) is -0.193. The fourth-order valence-electron chi connectivity index (χ4n) is 3.06. The van der Waals surface area contributed by atoms with E-state index in [0.717, 1.165) is 37.6 Å². The fraction of sp³-hybridized carbons (Fsp3) is 0.412. The first-order chi connectivity index (χ1) is 10.2. The van der Waals surface area contributed by atoms with Gasteiger partial charge in [0.25, 0.3) is 5.91 Å². The van der Waals surface area contributed by atoms with Gasteiger partial charge in [-0.15, -0.1) is 0 Å². The van der Waals surface area contributed by atoms with Crippen molar-refractivity contribution >= 4 is 16.9 Å². The van der Waals surface area contributed by atoms with Crippen LogP contribution in [0.4, 0.5) is 0 Å². The molecule has 0 unspecified atom stereocenters. The first-order valence-electron chi connectivity index (χ1n) is 7.54. The summed E-state index contributed by atoms with van der Waals surface area (Å²) in [4.78, 5) is 26.6. The SMILES string of the molecule is CC[C@@H]1CCCCN1C(=O)c1cc2ccccc2oc1=O. The molecule has 1 aliphatic rings. The van der Waals surface area contributed by atoms with Crippen molar-refractivity contribution in [2.75, 3.05) is 6.54 Å². The predicted octanol–water partition coefficient (Wildman–Crippen LogP) is 3.20. The Balaban J connectivity index is 2.00. The number of piperidine rings is 1. The van der Waals surface area contributed by atoms with Crippen LogP contribution in [0.1, 0.15) is 43.0 Å². The van der Waals surface area contributed by atoms with E-state index in [9.17, 15) is 9.59 Å². The van der Waals surface area contributed by atoms with Crippen molar-refractivity contribution in [1.82, 2.24) is 4.90 Å². The molecule has 110 valence electrons. The van der Waals surface area contributed by atoms with Gasteiger partial charge in [0.2, 0.25) is 0 Å². The molecule has 1 fully saturated rings. The first-order valence-corrected chi connectivity index (χ1v) is 7.54. The molecule has 1 aromatic heterocycles. The monoisotopic (exact) mass is 285 g/mol. The Morgan fingerprint density at radius 2 is 2.14 bits per heavy atom. The second-order valence-corrected chi connectivity index (χ2v) is 5.54. The lowest BCUT2D eigenvalue weighted by Crippen LogP contribution is -2.44. The molecule has 1 amide bonds. The minimum Gasteiger partial charge on any atom is -0.422 e. The molecule has 0 aliphatic carbocycles. The second kappa shape index (κ2) is 5.72. The molecule has 4 nitrogen and oxygen atoms in total. The third-order valence-electron chi connectivity index (χ3n) is 4.23. The minimum absolute atomic E-state index is 0.147. The van der Waals surface area contributed by atoms with Crippen LogP contribution < -0.4 is 5.63 Å². The Hall–Kier alpha value is -2.10. The highest BCUT2D eigenvalue weighted by Gasteiger charge is 2.28. The highest BCUT2D eigenvalue weighted by Crippen LogP contribution is 2.22. The predicted molar refractivity (Wildman–Crippen MR) is 81.5 cm³/mol. The molecular weight excluding hydrogens is 266 g/mol. The number of fused-ring (bicyclic) bond motifs is 1. The van der Waals surface area contributed by atoms with Crippen molar-refractivity contribution in [1.29, 1.82) is 0 Å². The van der Waals surface area contributed by atoms with Crippen LogP contribution in [0.15, 0.2) is 39.5 Å². The number of hydrogen-bond donors (Lipinski definition) is 0. The van der Waals surface area contributed by atoms with Gasteiger partial charge in [-0.2, -0.15) is 0 Å². The molecule has 4 heteroatoms. The third kappa shape index (κ3) is 2.58. The summed E-state index contributed by atoms with van der Waals surface area (Å²) in [5.41, 5.74) is 0.123. The van der Waals surface area contributed by atoms with E-state index in [-0.39, 0.29) is 17.5 Å². The van der Waals surface area contributed by atoms with Gasteiger partial charge in [-0.25, -0.2) is 4.79 Å². The number of hydrogen-bond acceptors (Lipinski definition) is 3. The molecule has 1 aliphatic heterocycles. The van der Waals surface area contributed by atoms with Gasteiger partial charge in [-0.05, 0) is 37.8 Å². The van der Waals surface area contributed by atoms with E-state index in [1.807, 2.05) is 23.1 Å². The molecule has 2 aromatic rings. The van der Waals surface area contributed by atoms with Crippen LogP contribution in [-0.2, 0) is 0 Å². The van der Waals surface area contributed by atoms with E-state index in [1.54, 1.807) is 12.1 Å². The molecule has 1 aromatic carbocycles. The zero-order valence-electron chi connectivity index (χ0n) is 12.2. The zero-order chi connectivity index (χ0) is 14.8. The van der Waals surface area contributed by atoms with Crippen LogP contribution in [0.2, 0.25) is 0 Å². The molecule has 0 spiro atoms. The van der Waals surface area contributed by atoms with Crippen LogP contribution in [0.25, 0.3) is 11.0 Å². The van der Waals surface area contributed by atoms with E-state index in [0.29, 0.717) is 5.58 Å². The Morgan fingerprint density at radius 1 is 1.33 bits per heavy atom. The van der Waals surface area contributed by atoms with E-state index < -0.39 is 5.63 Å². The third-order valence-corrected chi connectivity index (χ3v) is 4.23. The maximum Gasteiger partial charge on any atom is 0.349 e. The average molecular weight is 285 g/mol. The Kier molecular flexibility index (Phi) is 3.78. The van der Waals surface area contributed by atoms with Crippen molar-refractivity contribution in [2.45, 2.75) is 38.6 Å². The van der Waals surface area contributed by atoms with Crippen molar-refractivity contribution in [3.63, 3.8) is 0 Å². The lowest BCUT2D eigenvalue weighted by atomic mass is 9.99. The van der Waals surface area contributed by atoms with Crippen molar-refractivity contribution in [3.05, 3.63) is 46.3 Å². The molecular formula is C17H19NO3. The summed E-state index contributed by atoms with van der Waals surface area (Å²) >= 11 is 0. The van der Waals surface area contributed by atoms with Gasteiger partial charge >= 0.3 is 5.63 Å². The quantitative estimate of drug-likeness (QED) is 0.796. The molecule has 1 atom stereocenters. The van der Waals surface area contributed by atoms with Gasteiger partial charge in [0.15, 0.2) is 0 Å². The van der Waals surface area contributed by atoms with Crippen LogP contribution in [0, 0.1) is 0 Å². The minimum atomic E-state index is -0.542. The number of benzene rings is 1. The van der Waals surface area contributed by atoms with E-state index in [1.165, 1.54) is 0 Å². The van der Waals surface area contributed by atoms with Crippen LogP contribution >= 0.6 is 0 Å². The normalized spacial score (nSPS) is 18.9. The van der Waals surface area contributed by atoms with Gasteiger partial charge in [0.1, 0.15) is 11.1 Å². The lowest BCUT2D eigenvalue weighted by Gasteiger charge is -2.35. The summed E-state index contributed by atoms with van der Waals surface area (Å²) in [6, 6.07) is 9.16. The first kappa shape index (κ1) is 13.9. The standard InChI is InChI=1S/C17H19NO3/c1-2-13-8-5-6-10-18(13)16(19)14-11-12-7-3-4-9-15(12)21-17(14)20/h3-4,7,9,11,13H,2,5-6,8,10H2,1H3/t13-/m1/s1. The van der Waals surface area contributed by atoms with Crippen LogP contribution in [0.3, 0.4) is 0 Å². The molecule has 0 saturated carbocycles. The second-order valence-electron chi connectivity index (χ2n) is 5.54. The van der Waals surface area contributed by atoms with Crippen molar-refractivity contribution in [2.24, 2.45) is 0 Å². The van der Waals surface area contributed by atoms with Gasteiger partial charge < -0.3 is 9.32 Å². The Bertz CT molecular complexity index is 719. The van der Waals surface area contributed by atoms with Gasteiger partial charge in [0.05, 0.1) is 0 Å². The highest BCUT2D eigenvalue weighted by molar-refractivity contribution is 5.96. The van der Waals surface area contributed by atoms with Crippen LogP contribution in [0.5, 0.6) is 0 Å². The maximum absolute atomic E-state index is 12.7. The van der Waals surface area contributed by atoms with Crippen LogP contribution in [-0.4, -0.2) is 23.4 Å². The van der Waals surface area contributed by atoms with Gasteiger partial charge in [-0.3, -0.25) is 4.79 Å². The lowest BCUT2D eigenvalue weighted by molar-refractivity contribution is 0.0604.